The van der Waals surface area contributed by atoms with E-state index in [2.05, 4.69) is 23.3 Å². The van der Waals surface area contributed by atoms with Crippen molar-refractivity contribution in [3.63, 3.8) is 0 Å². The van der Waals surface area contributed by atoms with Crippen molar-refractivity contribution in [3.05, 3.63) is 86.5 Å². The highest BCUT2D eigenvalue weighted by atomic mass is 19.4. The first-order valence-electron chi connectivity index (χ1n) is 13.3. The lowest BCUT2D eigenvalue weighted by molar-refractivity contribution is -0.881. The molecular formula is C29H30F3N6O3+. The Morgan fingerprint density at radius 2 is 2.00 bits per heavy atom. The molecule has 2 atom stereocenters. The number of hydrogen-bond donors (Lipinski definition) is 2. The third-order valence-corrected chi connectivity index (χ3v) is 7.70. The van der Waals surface area contributed by atoms with Gasteiger partial charge in [-0.1, -0.05) is 12.1 Å². The van der Waals surface area contributed by atoms with Crippen molar-refractivity contribution in [1.29, 1.82) is 5.26 Å². The molecule has 3 aromatic rings. The Bertz CT molecular complexity index is 1610. The monoisotopic (exact) mass is 567 g/mol. The number of likely N-dealkylation sites (N-methyl/N-ethyl adjacent to an activating group) is 1. The molecule has 1 aliphatic heterocycles. The van der Waals surface area contributed by atoms with Crippen LogP contribution in [0.2, 0.25) is 0 Å². The number of rotatable bonds is 8. The number of allylic oxidation sites excluding steroid dienone is 1. The lowest BCUT2D eigenvalue weighted by Gasteiger charge is -2.36. The molecule has 0 radical (unpaired) electrons. The number of esters is 1. The van der Waals surface area contributed by atoms with Gasteiger partial charge in [-0.2, -0.15) is 18.4 Å². The van der Waals surface area contributed by atoms with Crippen LogP contribution in [0.3, 0.4) is 0 Å². The first-order chi connectivity index (χ1) is 19.5. The first-order valence-corrected chi connectivity index (χ1v) is 13.3. The van der Waals surface area contributed by atoms with Gasteiger partial charge in [-0.25, -0.2) is 19.3 Å². The number of H-pyrrole nitrogens is 1. The van der Waals surface area contributed by atoms with Crippen molar-refractivity contribution < 1.29 is 27.6 Å². The van der Waals surface area contributed by atoms with E-state index in [-0.39, 0.29) is 22.9 Å². The van der Waals surface area contributed by atoms with Gasteiger partial charge in [0, 0.05) is 23.7 Å². The highest BCUT2D eigenvalue weighted by Gasteiger charge is 2.41. The summed E-state index contributed by atoms with van der Waals surface area (Å²) in [4.78, 5) is 29.3. The topological polar surface area (TPSA) is 108 Å². The summed E-state index contributed by atoms with van der Waals surface area (Å²) >= 11 is 0. The Labute approximate surface area is 234 Å². The summed E-state index contributed by atoms with van der Waals surface area (Å²) in [7, 11) is 3.32. The van der Waals surface area contributed by atoms with Gasteiger partial charge in [0.05, 0.1) is 50.0 Å². The summed E-state index contributed by atoms with van der Waals surface area (Å²) in [6, 6.07) is 10.8. The molecule has 2 heterocycles. The molecular weight excluding hydrogens is 537 g/mol. The number of fused-ring (bicyclic) bond motifs is 1. The van der Waals surface area contributed by atoms with E-state index in [9.17, 15) is 28.0 Å². The summed E-state index contributed by atoms with van der Waals surface area (Å²) < 4.78 is 47.1. The molecule has 214 valence electrons. The number of alkyl halides is 3. The van der Waals surface area contributed by atoms with Crippen LogP contribution < -0.4 is 15.5 Å². The van der Waals surface area contributed by atoms with Gasteiger partial charge in [0.15, 0.2) is 0 Å². The maximum Gasteiger partial charge on any atom is 0.416 e. The number of ether oxygens (including phenoxy) is 1. The van der Waals surface area contributed by atoms with E-state index in [0.29, 0.717) is 17.5 Å². The number of carbonyl (C=O) groups is 1. The number of aromatic amines is 1. The van der Waals surface area contributed by atoms with E-state index >= 15 is 0 Å². The zero-order valence-electron chi connectivity index (χ0n) is 22.9. The Balaban J connectivity index is 1.67. The van der Waals surface area contributed by atoms with Crippen molar-refractivity contribution in [2.75, 3.05) is 32.1 Å². The lowest BCUT2D eigenvalue weighted by Crippen LogP contribution is -3.09. The van der Waals surface area contributed by atoms with Crippen LogP contribution in [-0.2, 0) is 22.1 Å². The summed E-state index contributed by atoms with van der Waals surface area (Å²) in [5.74, 6) is 0.00920. The normalized spacial score (nSPS) is 17.7. The van der Waals surface area contributed by atoms with Crippen molar-refractivity contribution in [3.8, 4) is 6.07 Å². The van der Waals surface area contributed by atoms with E-state index in [1.807, 2.05) is 0 Å². The van der Waals surface area contributed by atoms with Crippen molar-refractivity contribution in [1.82, 2.24) is 14.8 Å². The van der Waals surface area contributed by atoms with Gasteiger partial charge in [-0.3, -0.25) is 4.90 Å². The molecule has 9 nitrogen and oxygen atoms in total. The largest absolute Gasteiger partial charge is 0.466 e. The standard InChI is InChI=1S/C29H29F3N6O3/c1-17-24(26(39)41-3)25(23-10-9-19(15-33)13-20(23)11-12-36(2)16-18-7-8-18)38-27(34-35-28(38)40)37(17)22-6-4-5-21(14-22)29(30,31)32/h4-6,9-10,13-14,18,25H,7-8,11-12,16H2,1-3H3,(H,35,40)/p+1/t25-/m1/s1. The molecule has 0 saturated heterocycles. The zero-order chi connectivity index (χ0) is 29.5. The molecule has 0 spiro atoms. The van der Waals surface area contributed by atoms with Gasteiger partial charge in [-0.15, -0.1) is 5.10 Å². The second-order valence-corrected chi connectivity index (χ2v) is 10.6. The summed E-state index contributed by atoms with van der Waals surface area (Å²) in [5.41, 5.74) is 0.697. The number of anilines is 2. The van der Waals surface area contributed by atoms with Crippen LogP contribution in [0.1, 0.15) is 48.1 Å². The molecule has 2 N–H and O–H groups in total. The molecule has 1 aromatic heterocycles. The molecule has 5 rings (SSSR count). The first kappa shape index (κ1) is 28.2. The molecule has 2 aromatic carbocycles. The number of nitrogens with one attached hydrogen (secondary N) is 2. The molecule has 1 unspecified atom stereocenters. The predicted octanol–water partition coefficient (Wildman–Crippen LogP) is 3.12. The molecule has 0 bridgehead atoms. The summed E-state index contributed by atoms with van der Waals surface area (Å²) in [6.07, 6.45) is -1.56. The highest BCUT2D eigenvalue weighted by Crippen LogP contribution is 2.43. The molecule has 12 heteroatoms. The minimum Gasteiger partial charge on any atom is -0.466 e. The zero-order valence-corrected chi connectivity index (χ0v) is 22.9. The lowest BCUT2D eigenvalue weighted by atomic mass is 9.89. The van der Waals surface area contributed by atoms with E-state index < -0.39 is 29.4 Å². The van der Waals surface area contributed by atoms with Crippen LogP contribution in [0.25, 0.3) is 0 Å². The Hall–Kier alpha value is -4.37. The molecule has 0 amide bonds. The van der Waals surface area contributed by atoms with Crippen LogP contribution in [0, 0.1) is 17.2 Å². The summed E-state index contributed by atoms with van der Waals surface area (Å²) in [5, 5.41) is 16.2. The van der Waals surface area contributed by atoms with Crippen molar-refractivity contribution >= 4 is 17.6 Å². The van der Waals surface area contributed by atoms with Gasteiger partial charge >= 0.3 is 17.8 Å². The van der Waals surface area contributed by atoms with Gasteiger partial charge in [0.1, 0.15) is 6.04 Å². The van der Waals surface area contributed by atoms with E-state index in [0.717, 1.165) is 36.7 Å². The third-order valence-electron chi connectivity index (χ3n) is 7.70. The van der Waals surface area contributed by atoms with Crippen LogP contribution >= 0.6 is 0 Å². The minimum atomic E-state index is -4.60. The number of quaternary nitrogens is 1. The van der Waals surface area contributed by atoms with Crippen LogP contribution in [0.5, 0.6) is 0 Å². The van der Waals surface area contributed by atoms with E-state index in [1.165, 1.54) is 46.5 Å². The fraction of sp³-hybridized carbons (Fsp3) is 0.379. The number of halogens is 3. The average molecular weight is 568 g/mol. The number of carbonyl (C=O) groups excluding carboxylic acids is 1. The fourth-order valence-corrected chi connectivity index (χ4v) is 5.50. The van der Waals surface area contributed by atoms with Crippen molar-refractivity contribution in [2.24, 2.45) is 5.92 Å². The maximum absolute atomic E-state index is 13.6. The van der Waals surface area contributed by atoms with Gasteiger partial charge in [0.25, 0.3) is 0 Å². The van der Waals surface area contributed by atoms with Crippen molar-refractivity contribution in [2.45, 2.75) is 38.4 Å². The average Bonchev–Trinajstić information content (AvgIpc) is 3.69. The second-order valence-electron chi connectivity index (χ2n) is 10.6. The number of methoxy groups -OCH3 is 1. The quantitative estimate of drug-likeness (QED) is 0.405. The van der Waals surface area contributed by atoms with Gasteiger partial charge < -0.3 is 9.64 Å². The maximum atomic E-state index is 13.6. The smallest absolute Gasteiger partial charge is 0.416 e. The van der Waals surface area contributed by atoms with Gasteiger partial charge in [0.2, 0.25) is 5.95 Å². The number of nitriles is 1. The molecule has 1 saturated carbocycles. The van der Waals surface area contributed by atoms with E-state index in [4.69, 9.17) is 4.74 Å². The molecule has 1 aliphatic carbocycles. The van der Waals surface area contributed by atoms with Crippen LogP contribution in [0.15, 0.2) is 58.5 Å². The SMILES string of the molecule is COC(=O)C1=C(C)N(c2cccc(C(F)(F)F)c2)c2n[nH]c(=O)n2[C@@H]1c1ccc(C#N)cc1CC[NH+](C)CC1CC1. The van der Waals surface area contributed by atoms with Gasteiger partial charge in [-0.05, 0) is 61.2 Å². The Morgan fingerprint density at radius 1 is 1.24 bits per heavy atom. The number of hydrogen-bond acceptors (Lipinski definition) is 6. The Morgan fingerprint density at radius 3 is 2.66 bits per heavy atom. The predicted molar refractivity (Wildman–Crippen MR) is 143 cm³/mol. The molecule has 1 fully saturated rings. The van der Waals surface area contributed by atoms with Crippen LogP contribution in [-0.4, -0.2) is 48.0 Å². The fourth-order valence-electron chi connectivity index (χ4n) is 5.50. The number of benzene rings is 2. The minimum absolute atomic E-state index is 0.0243. The number of nitrogens with zero attached hydrogens (tertiary/aromatic N) is 4. The van der Waals surface area contributed by atoms with Crippen LogP contribution in [0.4, 0.5) is 24.8 Å². The second kappa shape index (κ2) is 10.9. The highest BCUT2D eigenvalue weighted by molar-refractivity contribution is 5.93. The Kier molecular flexibility index (Phi) is 7.48. The number of aromatic nitrogens is 3. The third kappa shape index (κ3) is 5.50. The molecule has 2 aliphatic rings. The summed E-state index contributed by atoms with van der Waals surface area (Å²) in [6.45, 7) is 3.39. The van der Waals surface area contributed by atoms with E-state index in [1.54, 1.807) is 25.1 Å². The molecule has 41 heavy (non-hydrogen) atoms.